The topological polar surface area (TPSA) is 15.3 Å². The number of benzene rings is 1. The normalized spacial score (nSPS) is 17.9. The first-order valence-corrected chi connectivity index (χ1v) is 8.23. The van der Waals surface area contributed by atoms with E-state index in [1.807, 2.05) is 18.2 Å². The molecular weight excluding hydrogens is 291 g/mol. The van der Waals surface area contributed by atoms with Crippen molar-refractivity contribution in [2.45, 2.75) is 39.3 Å². The highest BCUT2D eigenvalue weighted by Crippen LogP contribution is 2.25. The minimum atomic E-state index is 0.607. The van der Waals surface area contributed by atoms with Gasteiger partial charge in [-0.05, 0) is 43.5 Å². The standard InChI is InChI=1S/C16H24Cl2N2/c1-12(2)15(20-8-3-4-9-20)11-19-10-13-6-5-7-14(17)16(13)18/h5-7,12,15,19H,3-4,8-11H2,1-2H3. The largest absolute Gasteiger partial charge is 0.311 e. The second kappa shape index (κ2) is 7.65. The molecule has 0 radical (unpaired) electrons. The van der Waals surface area contributed by atoms with E-state index in [0.717, 1.165) is 18.7 Å². The summed E-state index contributed by atoms with van der Waals surface area (Å²) in [6, 6.07) is 6.41. The number of halogens is 2. The predicted octanol–water partition coefficient (Wildman–Crippen LogP) is 4.20. The first kappa shape index (κ1) is 16.1. The van der Waals surface area contributed by atoms with E-state index >= 15 is 0 Å². The Bertz CT molecular complexity index is 428. The van der Waals surface area contributed by atoms with E-state index in [9.17, 15) is 0 Å². The molecule has 0 bridgehead atoms. The number of hydrogen-bond donors (Lipinski definition) is 1. The lowest BCUT2D eigenvalue weighted by atomic mass is 10.0. The van der Waals surface area contributed by atoms with Gasteiger partial charge in [0.25, 0.3) is 0 Å². The Kier molecular flexibility index (Phi) is 6.16. The average molecular weight is 315 g/mol. The van der Waals surface area contributed by atoms with Gasteiger partial charge in [-0.1, -0.05) is 49.2 Å². The van der Waals surface area contributed by atoms with Gasteiger partial charge < -0.3 is 5.32 Å². The quantitative estimate of drug-likeness (QED) is 0.846. The SMILES string of the molecule is CC(C)C(CNCc1cccc(Cl)c1Cl)N1CCCC1. The van der Waals surface area contributed by atoms with Crippen LogP contribution in [0, 0.1) is 5.92 Å². The lowest BCUT2D eigenvalue weighted by Gasteiger charge is -2.31. The van der Waals surface area contributed by atoms with Gasteiger partial charge in [0.2, 0.25) is 0 Å². The second-order valence-corrected chi connectivity index (χ2v) is 6.68. The van der Waals surface area contributed by atoms with Gasteiger partial charge in [0.1, 0.15) is 0 Å². The van der Waals surface area contributed by atoms with Gasteiger partial charge in [-0.25, -0.2) is 0 Å². The van der Waals surface area contributed by atoms with Crippen LogP contribution in [0.15, 0.2) is 18.2 Å². The Balaban J connectivity index is 1.88. The van der Waals surface area contributed by atoms with Crippen molar-refractivity contribution < 1.29 is 0 Å². The van der Waals surface area contributed by atoms with Crippen molar-refractivity contribution in [3.05, 3.63) is 33.8 Å². The molecular formula is C16H24Cl2N2. The van der Waals surface area contributed by atoms with Gasteiger partial charge >= 0.3 is 0 Å². The molecule has 0 aromatic heterocycles. The Morgan fingerprint density at radius 1 is 1.20 bits per heavy atom. The third kappa shape index (κ3) is 4.11. The third-order valence-corrected chi connectivity index (χ3v) is 4.94. The van der Waals surface area contributed by atoms with Crippen LogP contribution in [0.25, 0.3) is 0 Å². The van der Waals surface area contributed by atoms with Crippen molar-refractivity contribution in [3.63, 3.8) is 0 Å². The van der Waals surface area contributed by atoms with Gasteiger partial charge in [-0.2, -0.15) is 0 Å². The molecule has 0 aliphatic carbocycles. The van der Waals surface area contributed by atoms with Crippen molar-refractivity contribution in [3.8, 4) is 0 Å². The lowest BCUT2D eigenvalue weighted by Crippen LogP contribution is -2.44. The molecule has 1 fully saturated rings. The summed E-state index contributed by atoms with van der Waals surface area (Å²) >= 11 is 12.3. The van der Waals surface area contributed by atoms with Gasteiger partial charge in [-0.3, -0.25) is 4.90 Å². The Hall–Kier alpha value is -0.280. The van der Waals surface area contributed by atoms with Crippen LogP contribution in [0.3, 0.4) is 0 Å². The molecule has 20 heavy (non-hydrogen) atoms. The van der Waals surface area contributed by atoms with Crippen molar-refractivity contribution in [2.75, 3.05) is 19.6 Å². The van der Waals surface area contributed by atoms with Crippen molar-refractivity contribution in [1.29, 1.82) is 0 Å². The van der Waals surface area contributed by atoms with Crippen LogP contribution >= 0.6 is 23.2 Å². The van der Waals surface area contributed by atoms with Crippen molar-refractivity contribution >= 4 is 23.2 Å². The molecule has 0 amide bonds. The maximum Gasteiger partial charge on any atom is 0.0637 e. The summed E-state index contributed by atoms with van der Waals surface area (Å²) in [6.07, 6.45) is 2.67. The summed E-state index contributed by atoms with van der Waals surface area (Å²) < 4.78 is 0. The fourth-order valence-electron chi connectivity index (χ4n) is 2.90. The molecule has 1 aliphatic rings. The van der Waals surface area contributed by atoms with E-state index in [1.54, 1.807) is 0 Å². The van der Waals surface area contributed by atoms with Crippen molar-refractivity contribution in [1.82, 2.24) is 10.2 Å². The smallest absolute Gasteiger partial charge is 0.0637 e. The summed E-state index contributed by atoms with van der Waals surface area (Å²) in [4.78, 5) is 2.61. The molecule has 1 saturated heterocycles. The molecule has 2 nitrogen and oxygen atoms in total. The van der Waals surface area contributed by atoms with Crippen LogP contribution in [-0.2, 0) is 6.54 Å². The summed E-state index contributed by atoms with van der Waals surface area (Å²) in [5, 5.41) is 4.84. The molecule has 1 heterocycles. The van der Waals surface area contributed by atoms with Crippen LogP contribution in [0.5, 0.6) is 0 Å². The van der Waals surface area contributed by atoms with E-state index in [1.165, 1.54) is 25.9 Å². The zero-order valence-corrected chi connectivity index (χ0v) is 13.8. The number of nitrogens with zero attached hydrogens (tertiary/aromatic N) is 1. The molecule has 1 atom stereocenters. The molecule has 0 spiro atoms. The van der Waals surface area contributed by atoms with E-state index in [4.69, 9.17) is 23.2 Å². The van der Waals surface area contributed by atoms with Crippen LogP contribution in [0.4, 0.5) is 0 Å². The highest BCUT2D eigenvalue weighted by atomic mass is 35.5. The van der Waals surface area contributed by atoms with Gasteiger partial charge in [0, 0.05) is 19.1 Å². The number of rotatable bonds is 6. The second-order valence-electron chi connectivity index (χ2n) is 5.90. The van der Waals surface area contributed by atoms with E-state index in [2.05, 4.69) is 24.1 Å². The predicted molar refractivity (Wildman–Crippen MR) is 87.6 cm³/mol. The van der Waals surface area contributed by atoms with Gasteiger partial charge in [-0.15, -0.1) is 0 Å². The molecule has 112 valence electrons. The number of likely N-dealkylation sites (tertiary alicyclic amines) is 1. The summed E-state index contributed by atoms with van der Waals surface area (Å²) in [5.41, 5.74) is 1.07. The molecule has 1 N–H and O–H groups in total. The maximum atomic E-state index is 6.22. The van der Waals surface area contributed by atoms with Crippen LogP contribution < -0.4 is 5.32 Å². The lowest BCUT2D eigenvalue weighted by molar-refractivity contribution is 0.186. The molecule has 1 aromatic carbocycles. The number of nitrogens with one attached hydrogen (secondary N) is 1. The first-order valence-electron chi connectivity index (χ1n) is 7.47. The van der Waals surface area contributed by atoms with Crippen LogP contribution in [-0.4, -0.2) is 30.6 Å². The zero-order chi connectivity index (χ0) is 14.5. The van der Waals surface area contributed by atoms with Crippen molar-refractivity contribution in [2.24, 2.45) is 5.92 Å². The van der Waals surface area contributed by atoms with Crippen LogP contribution in [0.2, 0.25) is 10.0 Å². The Morgan fingerprint density at radius 2 is 1.90 bits per heavy atom. The summed E-state index contributed by atoms with van der Waals surface area (Å²) in [5.74, 6) is 0.662. The maximum absolute atomic E-state index is 6.22. The highest BCUT2D eigenvalue weighted by Gasteiger charge is 2.24. The molecule has 1 aliphatic heterocycles. The minimum absolute atomic E-state index is 0.607. The van der Waals surface area contributed by atoms with Gasteiger partial charge in [0.15, 0.2) is 0 Å². The average Bonchev–Trinajstić information content (AvgIpc) is 2.92. The Labute approximate surface area is 132 Å². The molecule has 0 saturated carbocycles. The zero-order valence-electron chi connectivity index (χ0n) is 12.3. The van der Waals surface area contributed by atoms with Crippen LogP contribution in [0.1, 0.15) is 32.3 Å². The molecule has 1 aromatic rings. The van der Waals surface area contributed by atoms with E-state index in [0.29, 0.717) is 22.0 Å². The Morgan fingerprint density at radius 3 is 2.55 bits per heavy atom. The third-order valence-electron chi connectivity index (χ3n) is 4.08. The molecule has 2 rings (SSSR count). The van der Waals surface area contributed by atoms with E-state index < -0.39 is 0 Å². The summed E-state index contributed by atoms with van der Waals surface area (Å²) in [6.45, 7) is 8.86. The minimum Gasteiger partial charge on any atom is -0.311 e. The molecule has 1 unspecified atom stereocenters. The van der Waals surface area contributed by atoms with Gasteiger partial charge in [0.05, 0.1) is 10.0 Å². The summed E-state index contributed by atoms with van der Waals surface area (Å²) in [7, 11) is 0. The fraction of sp³-hybridized carbons (Fsp3) is 0.625. The monoisotopic (exact) mass is 314 g/mol. The molecule has 4 heteroatoms. The van der Waals surface area contributed by atoms with E-state index in [-0.39, 0.29) is 0 Å². The first-order chi connectivity index (χ1) is 9.59. The number of hydrogen-bond acceptors (Lipinski definition) is 2. The highest BCUT2D eigenvalue weighted by molar-refractivity contribution is 6.42. The fourth-order valence-corrected chi connectivity index (χ4v) is 3.29.